The SMILES string of the molecule is CN(C)CCOc1ccc(C=CCN)cc1. The molecule has 0 aromatic heterocycles. The van der Waals surface area contributed by atoms with Gasteiger partial charge in [-0.05, 0) is 31.8 Å². The summed E-state index contributed by atoms with van der Waals surface area (Å²) < 4.78 is 5.59. The maximum atomic E-state index is 5.59. The normalized spacial score (nSPS) is 11.2. The van der Waals surface area contributed by atoms with Crippen LogP contribution in [0.2, 0.25) is 0 Å². The van der Waals surface area contributed by atoms with Crippen LogP contribution in [0.25, 0.3) is 6.08 Å². The quantitative estimate of drug-likeness (QED) is 0.791. The number of hydrogen-bond acceptors (Lipinski definition) is 3. The number of nitrogens with two attached hydrogens (primary N) is 1. The summed E-state index contributed by atoms with van der Waals surface area (Å²) >= 11 is 0. The zero-order chi connectivity index (χ0) is 11.8. The molecule has 0 bridgehead atoms. The van der Waals surface area contributed by atoms with E-state index in [4.69, 9.17) is 10.5 Å². The molecule has 0 fully saturated rings. The lowest BCUT2D eigenvalue weighted by Gasteiger charge is -2.10. The van der Waals surface area contributed by atoms with Gasteiger partial charge in [0.05, 0.1) is 0 Å². The summed E-state index contributed by atoms with van der Waals surface area (Å²) in [6.07, 6.45) is 3.94. The molecule has 1 aromatic rings. The minimum absolute atomic E-state index is 0.571. The van der Waals surface area contributed by atoms with Crippen LogP contribution in [0.5, 0.6) is 5.75 Å². The van der Waals surface area contributed by atoms with Crippen LogP contribution in [0.4, 0.5) is 0 Å². The first-order valence-corrected chi connectivity index (χ1v) is 5.46. The number of rotatable bonds is 6. The smallest absolute Gasteiger partial charge is 0.119 e. The highest BCUT2D eigenvalue weighted by molar-refractivity contribution is 5.50. The largest absolute Gasteiger partial charge is 0.492 e. The Kier molecular flexibility index (Phi) is 5.61. The third-order valence-corrected chi connectivity index (χ3v) is 2.13. The van der Waals surface area contributed by atoms with Crippen molar-refractivity contribution in [1.29, 1.82) is 0 Å². The average Bonchev–Trinajstić information content (AvgIpc) is 2.27. The third-order valence-electron chi connectivity index (χ3n) is 2.13. The van der Waals surface area contributed by atoms with E-state index >= 15 is 0 Å². The van der Waals surface area contributed by atoms with Crippen molar-refractivity contribution < 1.29 is 4.74 Å². The van der Waals surface area contributed by atoms with Crippen molar-refractivity contribution in [2.24, 2.45) is 5.73 Å². The van der Waals surface area contributed by atoms with Gasteiger partial charge in [-0.1, -0.05) is 24.3 Å². The first kappa shape index (κ1) is 12.7. The molecule has 1 rings (SSSR count). The Morgan fingerprint density at radius 3 is 2.50 bits per heavy atom. The Bertz CT molecular complexity index is 317. The van der Waals surface area contributed by atoms with Gasteiger partial charge in [-0.3, -0.25) is 0 Å². The van der Waals surface area contributed by atoms with Crippen molar-refractivity contribution in [2.45, 2.75) is 0 Å². The van der Waals surface area contributed by atoms with Gasteiger partial charge in [-0.15, -0.1) is 0 Å². The molecule has 2 N–H and O–H groups in total. The minimum atomic E-state index is 0.571. The number of hydrogen-bond donors (Lipinski definition) is 1. The van der Waals surface area contributed by atoms with Gasteiger partial charge in [0.2, 0.25) is 0 Å². The van der Waals surface area contributed by atoms with Crippen LogP contribution in [-0.2, 0) is 0 Å². The van der Waals surface area contributed by atoms with Crippen LogP contribution in [-0.4, -0.2) is 38.7 Å². The Hall–Kier alpha value is -1.32. The maximum Gasteiger partial charge on any atom is 0.119 e. The molecule has 0 spiro atoms. The summed E-state index contributed by atoms with van der Waals surface area (Å²) in [4.78, 5) is 2.10. The van der Waals surface area contributed by atoms with Gasteiger partial charge < -0.3 is 15.4 Å². The summed E-state index contributed by atoms with van der Waals surface area (Å²) in [7, 11) is 4.06. The van der Waals surface area contributed by atoms with Crippen molar-refractivity contribution in [2.75, 3.05) is 33.8 Å². The van der Waals surface area contributed by atoms with Crippen LogP contribution in [0.3, 0.4) is 0 Å². The fourth-order valence-corrected chi connectivity index (χ4v) is 1.23. The molecule has 0 aliphatic rings. The van der Waals surface area contributed by atoms with Gasteiger partial charge in [-0.2, -0.15) is 0 Å². The number of likely N-dealkylation sites (N-methyl/N-ethyl adjacent to an activating group) is 1. The number of benzene rings is 1. The second kappa shape index (κ2) is 7.04. The molecular formula is C13H20N2O. The molecule has 0 aliphatic carbocycles. The van der Waals surface area contributed by atoms with Crippen molar-refractivity contribution in [1.82, 2.24) is 4.90 Å². The highest BCUT2D eigenvalue weighted by atomic mass is 16.5. The molecule has 0 radical (unpaired) electrons. The van der Waals surface area contributed by atoms with E-state index in [2.05, 4.69) is 4.90 Å². The lowest BCUT2D eigenvalue weighted by atomic mass is 10.2. The van der Waals surface area contributed by atoms with E-state index in [0.717, 1.165) is 17.9 Å². The van der Waals surface area contributed by atoms with Crippen LogP contribution >= 0.6 is 0 Å². The van der Waals surface area contributed by atoms with Crippen molar-refractivity contribution in [3.8, 4) is 5.75 Å². The third kappa shape index (κ3) is 4.96. The van der Waals surface area contributed by atoms with Gasteiger partial charge in [0.15, 0.2) is 0 Å². The Morgan fingerprint density at radius 1 is 1.25 bits per heavy atom. The van der Waals surface area contributed by atoms with E-state index in [-0.39, 0.29) is 0 Å². The van der Waals surface area contributed by atoms with Gasteiger partial charge in [0, 0.05) is 13.1 Å². The molecule has 0 amide bonds. The minimum Gasteiger partial charge on any atom is -0.492 e. The van der Waals surface area contributed by atoms with E-state index in [9.17, 15) is 0 Å². The highest BCUT2D eigenvalue weighted by Gasteiger charge is 1.94. The lowest BCUT2D eigenvalue weighted by molar-refractivity contribution is 0.261. The zero-order valence-corrected chi connectivity index (χ0v) is 10.0. The Morgan fingerprint density at radius 2 is 1.94 bits per heavy atom. The molecule has 16 heavy (non-hydrogen) atoms. The summed E-state index contributed by atoms with van der Waals surface area (Å²) in [5, 5.41) is 0. The maximum absolute atomic E-state index is 5.59. The Labute approximate surface area is 97.5 Å². The van der Waals surface area contributed by atoms with Gasteiger partial charge in [0.1, 0.15) is 12.4 Å². The molecule has 0 atom stereocenters. The predicted octanol–water partition coefficient (Wildman–Crippen LogP) is 1.60. The Balaban J connectivity index is 2.42. The molecule has 0 saturated carbocycles. The molecule has 0 saturated heterocycles. The lowest BCUT2D eigenvalue weighted by Crippen LogP contribution is -2.19. The van der Waals surface area contributed by atoms with Gasteiger partial charge in [0.25, 0.3) is 0 Å². The summed E-state index contributed by atoms with van der Waals surface area (Å²) in [6, 6.07) is 8.01. The molecule has 0 heterocycles. The molecular weight excluding hydrogens is 200 g/mol. The fraction of sp³-hybridized carbons (Fsp3) is 0.385. The van der Waals surface area contributed by atoms with E-state index in [1.54, 1.807) is 0 Å². The molecule has 1 aromatic carbocycles. The van der Waals surface area contributed by atoms with Crippen LogP contribution in [0.15, 0.2) is 30.3 Å². The van der Waals surface area contributed by atoms with E-state index in [0.29, 0.717) is 13.2 Å². The summed E-state index contributed by atoms with van der Waals surface area (Å²) in [5.41, 5.74) is 6.53. The standard InChI is InChI=1S/C13H20N2O/c1-15(2)10-11-16-13-7-5-12(6-8-13)4-3-9-14/h3-8H,9-11,14H2,1-2H3. The molecule has 0 aliphatic heterocycles. The number of nitrogens with zero attached hydrogens (tertiary/aromatic N) is 1. The monoisotopic (exact) mass is 220 g/mol. The first-order valence-electron chi connectivity index (χ1n) is 5.46. The van der Waals surface area contributed by atoms with E-state index < -0.39 is 0 Å². The van der Waals surface area contributed by atoms with Gasteiger partial charge >= 0.3 is 0 Å². The van der Waals surface area contributed by atoms with Crippen molar-refractivity contribution >= 4 is 6.08 Å². The second-order valence-electron chi connectivity index (χ2n) is 3.86. The highest BCUT2D eigenvalue weighted by Crippen LogP contribution is 2.12. The molecule has 3 nitrogen and oxygen atoms in total. The van der Waals surface area contributed by atoms with Crippen molar-refractivity contribution in [3.05, 3.63) is 35.9 Å². The van der Waals surface area contributed by atoms with Crippen LogP contribution < -0.4 is 10.5 Å². The van der Waals surface area contributed by atoms with Crippen LogP contribution in [0.1, 0.15) is 5.56 Å². The van der Waals surface area contributed by atoms with Crippen molar-refractivity contribution in [3.63, 3.8) is 0 Å². The predicted molar refractivity (Wildman–Crippen MR) is 68.6 cm³/mol. The first-order chi connectivity index (χ1) is 7.72. The second-order valence-corrected chi connectivity index (χ2v) is 3.86. The zero-order valence-electron chi connectivity index (χ0n) is 10.0. The van der Waals surface area contributed by atoms with E-state index in [1.165, 1.54) is 0 Å². The van der Waals surface area contributed by atoms with Crippen LogP contribution in [0, 0.1) is 0 Å². The summed E-state index contributed by atoms with van der Waals surface area (Å²) in [5.74, 6) is 0.909. The van der Waals surface area contributed by atoms with E-state index in [1.807, 2.05) is 50.5 Å². The topological polar surface area (TPSA) is 38.5 Å². The molecule has 88 valence electrons. The average molecular weight is 220 g/mol. The number of ether oxygens (including phenoxy) is 1. The summed E-state index contributed by atoms with van der Waals surface area (Å²) in [6.45, 7) is 2.21. The fourth-order valence-electron chi connectivity index (χ4n) is 1.23. The molecule has 0 unspecified atom stereocenters. The molecule has 3 heteroatoms. The van der Waals surface area contributed by atoms with Gasteiger partial charge in [-0.25, -0.2) is 0 Å².